The molecule has 0 saturated carbocycles. The van der Waals surface area contributed by atoms with E-state index in [4.69, 9.17) is 9.84 Å². The number of ether oxygens (including phenoxy) is 1. The summed E-state index contributed by atoms with van der Waals surface area (Å²) in [6.07, 6.45) is 3.73. The Bertz CT molecular complexity index is 1010. The molecule has 3 rings (SSSR count). The maximum atomic E-state index is 12.3. The smallest absolute Gasteiger partial charge is 0.409 e. The van der Waals surface area contributed by atoms with Gasteiger partial charge < -0.3 is 25.2 Å². The van der Waals surface area contributed by atoms with Crippen molar-refractivity contribution in [2.75, 3.05) is 32.1 Å². The summed E-state index contributed by atoms with van der Waals surface area (Å²) in [4.78, 5) is 27.6. The zero-order valence-electron chi connectivity index (χ0n) is 17.6. The molecular formula is C22H25N3O5S2. The van der Waals surface area contributed by atoms with Crippen LogP contribution in [0.4, 0.5) is 9.80 Å². The van der Waals surface area contributed by atoms with Crippen LogP contribution in [0.15, 0.2) is 23.6 Å². The normalized spacial score (nSPS) is 16.2. The van der Waals surface area contributed by atoms with Crippen LogP contribution in [0.1, 0.15) is 27.3 Å². The number of nitrogens with one attached hydrogen (secondary N) is 1. The van der Waals surface area contributed by atoms with Gasteiger partial charge in [-0.1, -0.05) is 6.07 Å². The molecule has 2 atom stereocenters. The number of nitrogens with zero attached hydrogens (tertiary/aromatic N) is 2. The SMILES string of the molecule is CN(CC(O)CO)C(=O)OCC1CCc2c(sc(NC(=O)C=Cc3cccs3)c2C#N)C1. The second-order valence-electron chi connectivity index (χ2n) is 7.56. The van der Waals surface area contributed by atoms with E-state index in [2.05, 4.69) is 11.4 Å². The lowest BCUT2D eigenvalue weighted by atomic mass is 9.88. The third-order valence-corrected chi connectivity index (χ3v) is 7.11. The van der Waals surface area contributed by atoms with Crippen molar-refractivity contribution < 1.29 is 24.5 Å². The highest BCUT2D eigenvalue weighted by Crippen LogP contribution is 2.39. The van der Waals surface area contributed by atoms with Gasteiger partial charge >= 0.3 is 6.09 Å². The van der Waals surface area contributed by atoms with Crippen LogP contribution >= 0.6 is 22.7 Å². The summed E-state index contributed by atoms with van der Waals surface area (Å²) >= 11 is 2.93. The van der Waals surface area contributed by atoms with E-state index in [0.717, 1.165) is 21.7 Å². The van der Waals surface area contributed by atoms with E-state index >= 15 is 0 Å². The molecule has 2 aromatic heterocycles. The van der Waals surface area contributed by atoms with Crippen LogP contribution in [-0.2, 0) is 22.4 Å². The summed E-state index contributed by atoms with van der Waals surface area (Å²) in [7, 11) is 1.50. The number of thiophene rings is 2. The number of hydrogen-bond acceptors (Lipinski definition) is 8. The lowest BCUT2D eigenvalue weighted by Gasteiger charge is -2.24. The summed E-state index contributed by atoms with van der Waals surface area (Å²) in [5.74, 6) is -0.179. The van der Waals surface area contributed by atoms with Gasteiger partial charge in [0.05, 0.1) is 31.4 Å². The first-order valence-electron chi connectivity index (χ1n) is 10.1. The second kappa shape index (κ2) is 11.2. The first-order chi connectivity index (χ1) is 15.4. The molecular weight excluding hydrogens is 450 g/mol. The summed E-state index contributed by atoms with van der Waals surface area (Å²) in [5.41, 5.74) is 1.47. The summed E-state index contributed by atoms with van der Waals surface area (Å²) < 4.78 is 5.35. The van der Waals surface area contributed by atoms with Crippen LogP contribution in [0.25, 0.3) is 6.08 Å². The number of amides is 2. The molecule has 2 aromatic rings. The quantitative estimate of drug-likeness (QED) is 0.505. The molecule has 0 fully saturated rings. The van der Waals surface area contributed by atoms with Crippen molar-refractivity contribution in [1.82, 2.24) is 4.90 Å². The Balaban J connectivity index is 1.58. The van der Waals surface area contributed by atoms with E-state index in [0.29, 0.717) is 23.4 Å². The Morgan fingerprint density at radius 1 is 1.50 bits per heavy atom. The molecule has 2 heterocycles. The van der Waals surface area contributed by atoms with Gasteiger partial charge in [0.25, 0.3) is 0 Å². The van der Waals surface area contributed by atoms with E-state index in [1.54, 1.807) is 6.08 Å². The van der Waals surface area contributed by atoms with Crippen LogP contribution in [0.5, 0.6) is 0 Å². The van der Waals surface area contributed by atoms with Gasteiger partial charge in [0.2, 0.25) is 5.91 Å². The first-order valence-corrected chi connectivity index (χ1v) is 11.8. The number of aliphatic hydroxyl groups excluding tert-OH is 2. The van der Waals surface area contributed by atoms with Crippen molar-refractivity contribution in [3.63, 3.8) is 0 Å². The van der Waals surface area contributed by atoms with E-state index in [9.17, 15) is 20.0 Å². The number of fused-ring (bicyclic) bond motifs is 1. The van der Waals surface area contributed by atoms with Gasteiger partial charge in [-0.25, -0.2) is 4.79 Å². The molecule has 0 radical (unpaired) electrons. The maximum Gasteiger partial charge on any atom is 0.409 e. The highest BCUT2D eigenvalue weighted by Gasteiger charge is 2.27. The number of rotatable bonds is 8. The predicted molar refractivity (Wildman–Crippen MR) is 124 cm³/mol. The zero-order valence-corrected chi connectivity index (χ0v) is 19.2. The van der Waals surface area contributed by atoms with Crippen LogP contribution < -0.4 is 5.32 Å². The zero-order chi connectivity index (χ0) is 23.1. The number of carbonyl (C=O) groups is 2. The molecule has 0 aliphatic heterocycles. The van der Waals surface area contributed by atoms with Gasteiger partial charge in [0.1, 0.15) is 11.1 Å². The Kier molecular flexibility index (Phi) is 8.41. The van der Waals surface area contributed by atoms with Crippen LogP contribution in [-0.4, -0.2) is 60.0 Å². The maximum absolute atomic E-state index is 12.3. The first kappa shape index (κ1) is 23.9. The molecule has 2 amide bonds. The van der Waals surface area contributed by atoms with Crippen molar-refractivity contribution in [3.05, 3.63) is 44.5 Å². The molecule has 0 aromatic carbocycles. The second-order valence-corrected chi connectivity index (χ2v) is 9.64. The number of aliphatic hydroxyl groups is 2. The molecule has 0 bridgehead atoms. The van der Waals surface area contributed by atoms with Crippen molar-refractivity contribution in [2.45, 2.75) is 25.4 Å². The predicted octanol–water partition coefficient (Wildman–Crippen LogP) is 2.86. The van der Waals surface area contributed by atoms with Gasteiger partial charge in [-0.2, -0.15) is 5.26 Å². The number of nitriles is 1. The highest BCUT2D eigenvalue weighted by molar-refractivity contribution is 7.16. The number of carbonyl (C=O) groups excluding carboxylic acids is 2. The Morgan fingerprint density at radius 3 is 3.00 bits per heavy atom. The molecule has 32 heavy (non-hydrogen) atoms. The molecule has 10 heteroatoms. The molecule has 1 aliphatic rings. The topological polar surface area (TPSA) is 123 Å². The third kappa shape index (κ3) is 6.17. The van der Waals surface area contributed by atoms with E-state index in [-0.39, 0.29) is 25.0 Å². The van der Waals surface area contributed by atoms with Crippen LogP contribution in [0.3, 0.4) is 0 Å². The molecule has 1 aliphatic carbocycles. The lowest BCUT2D eigenvalue weighted by Crippen LogP contribution is -2.37. The fourth-order valence-electron chi connectivity index (χ4n) is 3.45. The number of hydrogen-bond donors (Lipinski definition) is 3. The van der Waals surface area contributed by atoms with Crippen molar-refractivity contribution >= 4 is 45.8 Å². The molecule has 8 nitrogen and oxygen atoms in total. The van der Waals surface area contributed by atoms with Gasteiger partial charge in [-0.15, -0.1) is 22.7 Å². The Morgan fingerprint density at radius 2 is 2.31 bits per heavy atom. The van der Waals surface area contributed by atoms with E-state index in [1.807, 2.05) is 17.5 Å². The van der Waals surface area contributed by atoms with Gasteiger partial charge in [-0.05, 0) is 48.3 Å². The summed E-state index contributed by atoms with van der Waals surface area (Å²) in [6, 6.07) is 6.05. The van der Waals surface area contributed by atoms with Crippen molar-refractivity contribution in [1.29, 1.82) is 5.26 Å². The largest absolute Gasteiger partial charge is 0.449 e. The molecule has 2 unspecified atom stereocenters. The third-order valence-electron chi connectivity index (χ3n) is 5.11. The minimum atomic E-state index is -1.01. The Hall–Kier alpha value is -2.71. The minimum absolute atomic E-state index is 0.00933. The average Bonchev–Trinajstić information content (AvgIpc) is 3.42. The fourth-order valence-corrected chi connectivity index (χ4v) is 5.38. The molecule has 170 valence electrons. The minimum Gasteiger partial charge on any atom is -0.449 e. The fraction of sp³-hybridized carbons (Fsp3) is 0.409. The highest BCUT2D eigenvalue weighted by atomic mass is 32.1. The van der Waals surface area contributed by atoms with Crippen LogP contribution in [0.2, 0.25) is 0 Å². The van der Waals surface area contributed by atoms with E-state index < -0.39 is 18.8 Å². The monoisotopic (exact) mass is 475 g/mol. The Labute approximate surface area is 194 Å². The summed E-state index contributed by atoms with van der Waals surface area (Å²) in [6.45, 7) is -0.210. The average molecular weight is 476 g/mol. The molecule has 3 N–H and O–H groups in total. The molecule has 0 spiro atoms. The lowest BCUT2D eigenvalue weighted by molar-refractivity contribution is -0.111. The van der Waals surface area contributed by atoms with E-state index in [1.165, 1.54) is 40.7 Å². The van der Waals surface area contributed by atoms with Gasteiger partial charge in [-0.3, -0.25) is 4.79 Å². The number of likely N-dealkylation sites (N-methyl/N-ethyl adjacent to an activating group) is 1. The van der Waals surface area contributed by atoms with Gasteiger partial charge in [0.15, 0.2) is 0 Å². The standard InChI is InChI=1S/C22H25N3O5S2/c1-25(11-15(27)12-26)22(29)30-13-14-4-6-17-18(10-23)21(32-19(17)9-14)24-20(28)7-5-16-3-2-8-31-16/h2-3,5,7-8,14-15,26-27H,4,6,9,11-13H2,1H3,(H,24,28). The number of anilines is 1. The molecule has 0 saturated heterocycles. The van der Waals surface area contributed by atoms with Crippen LogP contribution in [0, 0.1) is 17.2 Å². The van der Waals surface area contributed by atoms with Gasteiger partial charge in [0, 0.05) is 22.9 Å². The van der Waals surface area contributed by atoms with Crippen molar-refractivity contribution in [3.8, 4) is 6.07 Å². The summed E-state index contributed by atoms with van der Waals surface area (Å²) in [5, 5.41) is 33.3. The van der Waals surface area contributed by atoms with Crippen molar-refractivity contribution in [2.24, 2.45) is 5.92 Å².